The standard InChI is InChI=1S/C14H24N2O3/c1-4-8(2)13(16-9(3)17)11-6-5-10(14(18)19)7-12(11)15/h5,8,11-13H,4,6-7,15H2,1-3H3,(H,16,17)(H,18,19)/t8?,11-,12-,13-/m0/s1. The van der Waals surface area contributed by atoms with Gasteiger partial charge in [0.05, 0.1) is 0 Å². The Hall–Kier alpha value is -1.36. The Labute approximate surface area is 114 Å². The second-order valence-corrected chi connectivity index (χ2v) is 5.41. The van der Waals surface area contributed by atoms with Crippen molar-refractivity contribution in [3.05, 3.63) is 11.6 Å². The van der Waals surface area contributed by atoms with E-state index in [0.29, 0.717) is 24.3 Å². The lowest BCUT2D eigenvalue weighted by Crippen LogP contribution is -2.51. The second kappa shape index (κ2) is 6.70. The molecule has 0 aromatic rings. The first-order valence-corrected chi connectivity index (χ1v) is 6.81. The SMILES string of the molecule is CCC(C)[C@H](NC(C)=O)[C@H]1CC=C(C(=O)O)C[C@@H]1N. The van der Waals surface area contributed by atoms with Crippen LogP contribution in [0.15, 0.2) is 11.6 Å². The number of nitrogens with two attached hydrogens (primary N) is 1. The highest BCUT2D eigenvalue weighted by molar-refractivity contribution is 5.86. The van der Waals surface area contributed by atoms with Crippen LogP contribution >= 0.6 is 0 Å². The van der Waals surface area contributed by atoms with Crippen molar-refractivity contribution in [2.45, 2.75) is 52.1 Å². The van der Waals surface area contributed by atoms with Crippen molar-refractivity contribution in [1.82, 2.24) is 5.32 Å². The molecule has 0 radical (unpaired) electrons. The van der Waals surface area contributed by atoms with Gasteiger partial charge in [0.2, 0.25) is 5.91 Å². The molecule has 0 spiro atoms. The number of hydrogen-bond donors (Lipinski definition) is 3. The summed E-state index contributed by atoms with van der Waals surface area (Å²) < 4.78 is 0. The van der Waals surface area contributed by atoms with Crippen molar-refractivity contribution in [3.63, 3.8) is 0 Å². The Morgan fingerprint density at radius 1 is 1.58 bits per heavy atom. The van der Waals surface area contributed by atoms with Crippen LogP contribution in [-0.2, 0) is 9.59 Å². The van der Waals surface area contributed by atoms with Crippen LogP contribution in [0, 0.1) is 11.8 Å². The summed E-state index contributed by atoms with van der Waals surface area (Å²) in [5.74, 6) is -0.541. The van der Waals surface area contributed by atoms with Crippen molar-refractivity contribution in [2.75, 3.05) is 0 Å². The van der Waals surface area contributed by atoms with Crippen LogP contribution in [-0.4, -0.2) is 29.1 Å². The maximum Gasteiger partial charge on any atom is 0.331 e. The fourth-order valence-electron chi connectivity index (χ4n) is 2.69. The highest BCUT2D eigenvalue weighted by atomic mass is 16.4. The highest BCUT2D eigenvalue weighted by Crippen LogP contribution is 2.29. The van der Waals surface area contributed by atoms with E-state index in [2.05, 4.69) is 19.2 Å². The molecule has 1 amide bonds. The van der Waals surface area contributed by atoms with Crippen molar-refractivity contribution in [3.8, 4) is 0 Å². The number of allylic oxidation sites excluding steroid dienone is 1. The first-order chi connectivity index (χ1) is 8.86. The van der Waals surface area contributed by atoms with Crippen LogP contribution in [0.25, 0.3) is 0 Å². The van der Waals surface area contributed by atoms with E-state index in [1.54, 1.807) is 6.08 Å². The number of carbonyl (C=O) groups excluding carboxylic acids is 1. The summed E-state index contributed by atoms with van der Waals surface area (Å²) in [5, 5.41) is 12.0. The maximum atomic E-state index is 11.3. The zero-order chi connectivity index (χ0) is 14.6. The predicted molar refractivity (Wildman–Crippen MR) is 73.5 cm³/mol. The first kappa shape index (κ1) is 15.7. The molecule has 0 saturated carbocycles. The summed E-state index contributed by atoms with van der Waals surface area (Å²) in [6, 6.07) is -0.217. The molecule has 0 aromatic carbocycles. The number of hydrogen-bond acceptors (Lipinski definition) is 3. The third kappa shape index (κ3) is 4.06. The Kier molecular flexibility index (Phi) is 5.54. The molecule has 0 heterocycles. The molecular weight excluding hydrogens is 244 g/mol. The normalized spacial score (nSPS) is 26.2. The molecule has 108 valence electrons. The van der Waals surface area contributed by atoms with Crippen molar-refractivity contribution in [2.24, 2.45) is 17.6 Å². The summed E-state index contributed by atoms with van der Waals surface area (Å²) in [7, 11) is 0. The highest BCUT2D eigenvalue weighted by Gasteiger charge is 2.34. The molecule has 0 aliphatic heterocycles. The van der Waals surface area contributed by atoms with Gasteiger partial charge in [0.1, 0.15) is 0 Å². The average molecular weight is 268 g/mol. The van der Waals surface area contributed by atoms with Crippen LogP contribution in [0.4, 0.5) is 0 Å². The number of aliphatic carboxylic acids is 1. The lowest BCUT2D eigenvalue weighted by Gasteiger charge is -2.37. The Balaban J connectivity index is 2.86. The lowest BCUT2D eigenvalue weighted by molar-refractivity contribution is -0.133. The van der Waals surface area contributed by atoms with Crippen LogP contribution in [0.3, 0.4) is 0 Å². The predicted octanol–water partition coefficient (Wildman–Crippen LogP) is 1.29. The summed E-state index contributed by atoms with van der Waals surface area (Å²) >= 11 is 0. The van der Waals surface area contributed by atoms with Gasteiger partial charge in [-0.05, 0) is 24.7 Å². The molecule has 0 saturated heterocycles. The molecule has 5 heteroatoms. The molecule has 19 heavy (non-hydrogen) atoms. The van der Waals surface area contributed by atoms with Gasteiger partial charge in [-0.1, -0.05) is 26.3 Å². The Morgan fingerprint density at radius 3 is 2.63 bits per heavy atom. The van der Waals surface area contributed by atoms with Crippen molar-refractivity contribution >= 4 is 11.9 Å². The first-order valence-electron chi connectivity index (χ1n) is 6.81. The Morgan fingerprint density at radius 2 is 2.21 bits per heavy atom. The van der Waals surface area contributed by atoms with Gasteiger partial charge < -0.3 is 16.2 Å². The van der Waals surface area contributed by atoms with E-state index >= 15 is 0 Å². The number of carboxylic acids is 1. The van der Waals surface area contributed by atoms with Crippen LogP contribution in [0.1, 0.15) is 40.0 Å². The second-order valence-electron chi connectivity index (χ2n) is 5.41. The molecule has 1 unspecified atom stereocenters. The van der Waals surface area contributed by atoms with E-state index in [1.807, 2.05) is 0 Å². The fraction of sp³-hybridized carbons (Fsp3) is 0.714. The zero-order valence-electron chi connectivity index (χ0n) is 11.8. The van der Waals surface area contributed by atoms with Crippen molar-refractivity contribution < 1.29 is 14.7 Å². The van der Waals surface area contributed by atoms with Crippen LogP contribution in [0.2, 0.25) is 0 Å². The van der Waals surface area contributed by atoms with E-state index in [9.17, 15) is 9.59 Å². The summed E-state index contributed by atoms with van der Waals surface area (Å²) in [5.41, 5.74) is 6.50. The average Bonchev–Trinajstić information content (AvgIpc) is 2.35. The minimum absolute atomic E-state index is 0.00379. The van der Waals surface area contributed by atoms with Gasteiger partial charge in [-0.25, -0.2) is 4.79 Å². The minimum atomic E-state index is -0.895. The van der Waals surface area contributed by atoms with Gasteiger partial charge in [0.15, 0.2) is 0 Å². The third-order valence-corrected chi connectivity index (χ3v) is 4.00. The molecule has 1 aliphatic rings. The number of amides is 1. The number of carbonyl (C=O) groups is 2. The van der Waals surface area contributed by atoms with E-state index in [1.165, 1.54) is 6.92 Å². The molecule has 1 rings (SSSR count). The molecular formula is C14H24N2O3. The number of rotatable bonds is 5. The molecule has 0 fully saturated rings. The number of nitrogens with one attached hydrogen (secondary N) is 1. The molecule has 4 N–H and O–H groups in total. The molecule has 0 aromatic heterocycles. The molecule has 5 nitrogen and oxygen atoms in total. The quantitative estimate of drug-likeness (QED) is 0.700. The van der Waals surface area contributed by atoms with Crippen LogP contribution < -0.4 is 11.1 Å². The van der Waals surface area contributed by atoms with Gasteiger partial charge in [-0.2, -0.15) is 0 Å². The van der Waals surface area contributed by atoms with Gasteiger partial charge >= 0.3 is 5.97 Å². The van der Waals surface area contributed by atoms with Crippen molar-refractivity contribution in [1.29, 1.82) is 0 Å². The summed E-state index contributed by atoms with van der Waals surface area (Å²) in [6.45, 7) is 5.67. The molecule has 4 atom stereocenters. The number of carboxylic acid groups (broad SMARTS) is 1. The molecule has 0 bridgehead atoms. The smallest absolute Gasteiger partial charge is 0.331 e. The largest absolute Gasteiger partial charge is 0.478 e. The minimum Gasteiger partial charge on any atom is -0.478 e. The fourth-order valence-corrected chi connectivity index (χ4v) is 2.69. The molecule has 1 aliphatic carbocycles. The third-order valence-electron chi connectivity index (χ3n) is 4.00. The van der Waals surface area contributed by atoms with Gasteiger partial charge in [-0.15, -0.1) is 0 Å². The zero-order valence-corrected chi connectivity index (χ0v) is 11.8. The van der Waals surface area contributed by atoms with Crippen LogP contribution in [0.5, 0.6) is 0 Å². The Bertz CT molecular complexity index is 379. The maximum absolute atomic E-state index is 11.3. The lowest BCUT2D eigenvalue weighted by atomic mass is 9.76. The summed E-state index contributed by atoms with van der Waals surface area (Å²) in [6.07, 6.45) is 3.67. The van der Waals surface area contributed by atoms with E-state index < -0.39 is 5.97 Å². The van der Waals surface area contributed by atoms with Gasteiger partial charge in [0.25, 0.3) is 0 Å². The topological polar surface area (TPSA) is 92.4 Å². The van der Waals surface area contributed by atoms with Gasteiger partial charge in [0, 0.05) is 24.6 Å². The van der Waals surface area contributed by atoms with E-state index in [4.69, 9.17) is 10.8 Å². The van der Waals surface area contributed by atoms with E-state index in [-0.39, 0.29) is 23.9 Å². The monoisotopic (exact) mass is 268 g/mol. The van der Waals surface area contributed by atoms with Gasteiger partial charge in [-0.3, -0.25) is 4.79 Å². The summed E-state index contributed by atoms with van der Waals surface area (Å²) in [4.78, 5) is 22.3. The van der Waals surface area contributed by atoms with E-state index in [0.717, 1.165) is 6.42 Å².